The fourth-order valence-electron chi connectivity index (χ4n) is 2.19. The zero-order chi connectivity index (χ0) is 15.8. The van der Waals surface area contributed by atoms with E-state index in [9.17, 15) is 5.26 Å². The molecule has 22 heavy (non-hydrogen) atoms. The standard InChI is InChI=1S/C18H22N2O2/c1-14(15(2)22-18-10-6-7-11-21-18)17(12-19)20-13-16-8-4-3-5-9-16/h3-10,14-15,17,20H,11,13H2,1-2H3/t14?,15-,17?/m0/s1. The van der Waals surface area contributed by atoms with Gasteiger partial charge in [0.2, 0.25) is 0 Å². The quantitative estimate of drug-likeness (QED) is 0.840. The molecule has 0 aliphatic carbocycles. The zero-order valence-electron chi connectivity index (χ0n) is 13.0. The Hall–Kier alpha value is -2.25. The van der Waals surface area contributed by atoms with Crippen molar-refractivity contribution in [3.8, 4) is 6.07 Å². The molecule has 1 heterocycles. The Balaban J connectivity index is 1.87. The highest BCUT2D eigenvalue weighted by molar-refractivity contribution is 5.15. The van der Waals surface area contributed by atoms with Crippen molar-refractivity contribution in [2.75, 3.05) is 6.61 Å². The predicted octanol–water partition coefficient (Wildman–Crippen LogP) is 3.14. The summed E-state index contributed by atoms with van der Waals surface area (Å²) < 4.78 is 11.2. The van der Waals surface area contributed by atoms with Crippen LogP contribution in [0.1, 0.15) is 19.4 Å². The molecule has 2 unspecified atom stereocenters. The van der Waals surface area contributed by atoms with Gasteiger partial charge in [0.05, 0.1) is 6.07 Å². The molecule has 1 aromatic carbocycles. The maximum absolute atomic E-state index is 9.40. The summed E-state index contributed by atoms with van der Waals surface area (Å²) in [6, 6.07) is 12.1. The van der Waals surface area contributed by atoms with Gasteiger partial charge in [-0.25, -0.2) is 0 Å². The van der Waals surface area contributed by atoms with Gasteiger partial charge in [-0.15, -0.1) is 0 Å². The fourth-order valence-corrected chi connectivity index (χ4v) is 2.19. The van der Waals surface area contributed by atoms with Gasteiger partial charge >= 0.3 is 0 Å². The molecule has 1 aliphatic heterocycles. The van der Waals surface area contributed by atoms with Gasteiger partial charge in [0.25, 0.3) is 5.95 Å². The van der Waals surface area contributed by atoms with Crippen molar-refractivity contribution in [2.45, 2.75) is 32.5 Å². The molecule has 3 atom stereocenters. The molecule has 2 rings (SSSR count). The molecule has 1 aliphatic rings. The number of rotatable bonds is 7. The summed E-state index contributed by atoms with van der Waals surface area (Å²) in [6.07, 6.45) is 5.50. The minimum atomic E-state index is -0.282. The lowest BCUT2D eigenvalue weighted by atomic mass is 9.97. The van der Waals surface area contributed by atoms with E-state index in [1.54, 1.807) is 6.08 Å². The van der Waals surface area contributed by atoms with Crippen molar-refractivity contribution in [3.05, 3.63) is 60.1 Å². The van der Waals surface area contributed by atoms with Gasteiger partial charge < -0.3 is 9.47 Å². The second-order valence-corrected chi connectivity index (χ2v) is 5.38. The normalized spacial score (nSPS) is 17.6. The van der Waals surface area contributed by atoms with Gasteiger partial charge in [-0.05, 0) is 18.6 Å². The van der Waals surface area contributed by atoms with Crippen LogP contribution in [-0.4, -0.2) is 18.8 Å². The molecule has 1 N–H and O–H groups in total. The van der Waals surface area contributed by atoms with Crippen LogP contribution in [0.25, 0.3) is 0 Å². The maximum Gasteiger partial charge on any atom is 0.279 e. The Kier molecular flexibility index (Phi) is 6.05. The first kappa shape index (κ1) is 16.1. The number of hydrogen-bond donors (Lipinski definition) is 1. The SMILES string of the molecule is CC(C(C#N)NCc1ccccc1)[C@H](C)OC1=CC=CCO1. The minimum Gasteiger partial charge on any atom is -0.462 e. The third kappa shape index (κ3) is 4.64. The number of hydrogen-bond acceptors (Lipinski definition) is 4. The Labute approximate surface area is 132 Å². The third-order valence-electron chi connectivity index (χ3n) is 3.77. The van der Waals surface area contributed by atoms with E-state index in [0.29, 0.717) is 19.1 Å². The Morgan fingerprint density at radius 2 is 2.09 bits per heavy atom. The molecule has 0 saturated heterocycles. The van der Waals surface area contributed by atoms with E-state index in [4.69, 9.17) is 9.47 Å². The van der Waals surface area contributed by atoms with Crippen LogP contribution in [0.15, 0.2) is 54.5 Å². The molecule has 0 amide bonds. The van der Waals surface area contributed by atoms with Crippen molar-refractivity contribution in [1.82, 2.24) is 5.32 Å². The number of ether oxygens (including phenoxy) is 2. The van der Waals surface area contributed by atoms with E-state index >= 15 is 0 Å². The first-order valence-electron chi connectivity index (χ1n) is 7.54. The van der Waals surface area contributed by atoms with Crippen LogP contribution in [0.4, 0.5) is 0 Å². The average molecular weight is 298 g/mol. The van der Waals surface area contributed by atoms with Crippen LogP contribution in [0.5, 0.6) is 0 Å². The monoisotopic (exact) mass is 298 g/mol. The number of nitrogens with one attached hydrogen (secondary N) is 1. The van der Waals surface area contributed by atoms with Crippen LogP contribution in [-0.2, 0) is 16.0 Å². The first-order valence-corrected chi connectivity index (χ1v) is 7.54. The first-order chi connectivity index (χ1) is 10.7. The highest BCUT2D eigenvalue weighted by Gasteiger charge is 2.24. The number of benzene rings is 1. The predicted molar refractivity (Wildman–Crippen MR) is 85.6 cm³/mol. The van der Waals surface area contributed by atoms with Crippen LogP contribution < -0.4 is 5.32 Å². The summed E-state index contributed by atoms with van der Waals surface area (Å²) >= 11 is 0. The summed E-state index contributed by atoms with van der Waals surface area (Å²) in [5.74, 6) is 0.547. The van der Waals surface area contributed by atoms with Crippen LogP contribution in [0, 0.1) is 17.2 Å². The zero-order valence-corrected chi connectivity index (χ0v) is 13.0. The van der Waals surface area contributed by atoms with Crippen molar-refractivity contribution < 1.29 is 9.47 Å². The summed E-state index contributed by atoms with van der Waals surface area (Å²) in [7, 11) is 0. The molecule has 0 saturated carbocycles. The van der Waals surface area contributed by atoms with Gasteiger partial charge in [-0.2, -0.15) is 5.26 Å². The molecular weight excluding hydrogens is 276 g/mol. The summed E-state index contributed by atoms with van der Waals surface area (Å²) in [4.78, 5) is 0. The Morgan fingerprint density at radius 1 is 1.32 bits per heavy atom. The second-order valence-electron chi connectivity index (χ2n) is 5.38. The second kappa shape index (κ2) is 8.26. The van der Waals surface area contributed by atoms with Crippen LogP contribution in [0.2, 0.25) is 0 Å². The summed E-state index contributed by atoms with van der Waals surface area (Å²) in [5.41, 5.74) is 1.16. The molecular formula is C18H22N2O2. The van der Waals surface area contributed by atoms with Crippen molar-refractivity contribution in [3.63, 3.8) is 0 Å². The number of nitrogens with zero attached hydrogens (tertiary/aromatic N) is 1. The third-order valence-corrected chi connectivity index (χ3v) is 3.77. The molecule has 0 radical (unpaired) electrons. The summed E-state index contributed by atoms with van der Waals surface area (Å²) in [6.45, 7) is 5.16. The van der Waals surface area contributed by atoms with E-state index in [-0.39, 0.29) is 18.1 Å². The molecule has 0 aromatic heterocycles. The summed E-state index contributed by atoms with van der Waals surface area (Å²) in [5, 5.41) is 12.7. The van der Waals surface area contributed by atoms with Gasteiger partial charge in [-0.3, -0.25) is 5.32 Å². The molecule has 0 fully saturated rings. The largest absolute Gasteiger partial charge is 0.462 e. The number of allylic oxidation sites excluding steroid dienone is 2. The van der Waals surface area contributed by atoms with E-state index in [2.05, 4.69) is 11.4 Å². The molecule has 0 bridgehead atoms. The van der Waals surface area contributed by atoms with Gasteiger partial charge in [0.15, 0.2) is 0 Å². The minimum absolute atomic E-state index is 0.0316. The lowest BCUT2D eigenvalue weighted by Gasteiger charge is -2.27. The smallest absolute Gasteiger partial charge is 0.279 e. The number of nitriles is 1. The van der Waals surface area contributed by atoms with E-state index in [1.165, 1.54) is 0 Å². The lowest BCUT2D eigenvalue weighted by Crippen LogP contribution is -2.39. The molecule has 4 heteroatoms. The van der Waals surface area contributed by atoms with Crippen LogP contribution >= 0.6 is 0 Å². The maximum atomic E-state index is 9.40. The van der Waals surface area contributed by atoms with E-state index < -0.39 is 0 Å². The lowest BCUT2D eigenvalue weighted by molar-refractivity contribution is -0.0183. The Morgan fingerprint density at radius 3 is 2.73 bits per heavy atom. The van der Waals surface area contributed by atoms with Crippen LogP contribution in [0.3, 0.4) is 0 Å². The van der Waals surface area contributed by atoms with E-state index in [1.807, 2.05) is 56.3 Å². The van der Waals surface area contributed by atoms with Crippen molar-refractivity contribution in [2.24, 2.45) is 5.92 Å². The molecule has 4 nitrogen and oxygen atoms in total. The van der Waals surface area contributed by atoms with E-state index in [0.717, 1.165) is 5.56 Å². The van der Waals surface area contributed by atoms with Crippen molar-refractivity contribution in [1.29, 1.82) is 5.26 Å². The molecule has 116 valence electrons. The highest BCUT2D eigenvalue weighted by Crippen LogP contribution is 2.17. The topological polar surface area (TPSA) is 54.3 Å². The highest BCUT2D eigenvalue weighted by atomic mass is 16.7. The molecule has 1 aromatic rings. The Bertz CT molecular complexity index is 560. The van der Waals surface area contributed by atoms with Gasteiger partial charge in [-0.1, -0.05) is 43.3 Å². The fraction of sp³-hybridized carbons (Fsp3) is 0.389. The molecule has 0 spiro atoms. The van der Waals surface area contributed by atoms with Crippen molar-refractivity contribution >= 4 is 0 Å². The average Bonchev–Trinajstić information content (AvgIpc) is 2.57. The van der Waals surface area contributed by atoms with Gasteiger partial charge in [0, 0.05) is 18.5 Å². The van der Waals surface area contributed by atoms with Gasteiger partial charge in [0.1, 0.15) is 18.8 Å².